The van der Waals surface area contributed by atoms with E-state index in [4.69, 9.17) is 0 Å². The summed E-state index contributed by atoms with van der Waals surface area (Å²) in [5, 5.41) is 2.87. The van der Waals surface area contributed by atoms with E-state index in [0.29, 0.717) is 0 Å². The second kappa shape index (κ2) is 6.18. The zero-order valence-corrected chi connectivity index (χ0v) is 12.9. The molecule has 0 bridgehead atoms. The Hall–Kier alpha value is -1.38. The first-order chi connectivity index (χ1) is 9.13. The summed E-state index contributed by atoms with van der Waals surface area (Å²) >= 11 is 1.89. The van der Waals surface area contributed by atoms with Crippen LogP contribution in [0.1, 0.15) is 12.5 Å². The molecule has 19 heavy (non-hydrogen) atoms. The highest BCUT2D eigenvalue weighted by Crippen LogP contribution is 2.35. The van der Waals surface area contributed by atoms with Gasteiger partial charge in [0.1, 0.15) is 0 Å². The maximum atomic E-state index is 2.24. The van der Waals surface area contributed by atoms with Gasteiger partial charge in [0, 0.05) is 20.2 Å². The largest absolute Gasteiger partial charge is 0.312 e. The lowest BCUT2D eigenvalue weighted by molar-refractivity contribution is 0.505. The molecule has 2 heteroatoms. The molecule has 0 aliphatic rings. The van der Waals surface area contributed by atoms with Crippen LogP contribution in [0.15, 0.2) is 42.5 Å². The summed E-state index contributed by atoms with van der Waals surface area (Å²) in [5.74, 6) is 0. The van der Waals surface area contributed by atoms with Crippen LogP contribution < -0.4 is 0 Å². The van der Waals surface area contributed by atoms with Gasteiger partial charge >= 0.3 is 0 Å². The van der Waals surface area contributed by atoms with Crippen LogP contribution in [0.5, 0.6) is 0 Å². The van der Waals surface area contributed by atoms with E-state index in [9.17, 15) is 0 Å². The van der Waals surface area contributed by atoms with Crippen LogP contribution in [0.4, 0.5) is 0 Å². The summed E-state index contributed by atoms with van der Waals surface area (Å²) in [6, 6.07) is 15.3. The summed E-state index contributed by atoms with van der Waals surface area (Å²) < 4.78 is 2.81. The highest BCUT2D eigenvalue weighted by Gasteiger charge is 2.06. The van der Waals surface area contributed by atoms with Gasteiger partial charge in [0.05, 0.1) is 0 Å². The van der Waals surface area contributed by atoms with Crippen molar-refractivity contribution in [2.75, 3.05) is 21.1 Å². The van der Waals surface area contributed by atoms with Crippen molar-refractivity contribution < 1.29 is 0 Å². The molecule has 100 valence electrons. The van der Waals surface area contributed by atoms with E-state index < -0.39 is 0 Å². The smallest absolute Gasteiger partial charge is 0.0358 e. The van der Waals surface area contributed by atoms with Crippen molar-refractivity contribution in [3.8, 4) is 0 Å². The van der Waals surface area contributed by atoms with E-state index in [1.54, 1.807) is 0 Å². The predicted molar refractivity (Wildman–Crippen MR) is 88.3 cm³/mol. The molecule has 0 fully saturated rings. The molecule has 3 rings (SSSR count). The monoisotopic (exact) mass is 271 g/mol. The molecule has 1 aromatic heterocycles. The van der Waals surface area contributed by atoms with Crippen LogP contribution in [0.3, 0.4) is 0 Å². The first-order valence-corrected chi connectivity index (χ1v) is 7.45. The van der Waals surface area contributed by atoms with Crippen molar-refractivity contribution in [3.63, 3.8) is 0 Å². The van der Waals surface area contributed by atoms with Gasteiger partial charge in [-0.15, -0.1) is 11.3 Å². The summed E-state index contributed by atoms with van der Waals surface area (Å²) in [4.78, 5) is 2.00. The van der Waals surface area contributed by atoms with Gasteiger partial charge in [-0.05, 0) is 45.3 Å². The van der Waals surface area contributed by atoms with E-state index in [0.717, 1.165) is 6.42 Å². The van der Waals surface area contributed by atoms with E-state index in [-0.39, 0.29) is 0 Å². The van der Waals surface area contributed by atoms with Gasteiger partial charge in [0.15, 0.2) is 0 Å². The minimum Gasteiger partial charge on any atom is -0.312 e. The van der Waals surface area contributed by atoms with Crippen molar-refractivity contribution in [3.05, 3.63) is 48.0 Å². The Morgan fingerprint density at radius 3 is 2.21 bits per heavy atom. The molecule has 0 atom stereocenters. The second-order valence-corrected chi connectivity index (χ2v) is 6.17. The topological polar surface area (TPSA) is 3.24 Å². The van der Waals surface area contributed by atoms with Crippen LogP contribution in [0.25, 0.3) is 20.2 Å². The van der Waals surface area contributed by atoms with Crippen molar-refractivity contribution >= 4 is 31.5 Å². The highest BCUT2D eigenvalue weighted by molar-refractivity contribution is 7.25. The fraction of sp³-hybridized carbons (Fsp3) is 0.294. The molecule has 1 heterocycles. The van der Waals surface area contributed by atoms with E-state index in [1.807, 2.05) is 37.4 Å². The number of hydrogen-bond acceptors (Lipinski definition) is 2. The number of hydrogen-bond donors (Lipinski definition) is 0. The number of rotatable bonds is 1. The Bertz CT molecular complexity index is 664. The van der Waals surface area contributed by atoms with E-state index >= 15 is 0 Å². The molecule has 0 aliphatic heterocycles. The van der Waals surface area contributed by atoms with Crippen molar-refractivity contribution in [2.24, 2.45) is 0 Å². The molecule has 0 aliphatic carbocycles. The third-order valence-corrected chi connectivity index (χ3v) is 4.01. The van der Waals surface area contributed by atoms with Gasteiger partial charge in [-0.25, -0.2) is 0 Å². The number of benzene rings is 2. The van der Waals surface area contributed by atoms with E-state index in [2.05, 4.69) is 49.4 Å². The lowest BCUT2D eigenvalue weighted by Gasteiger charge is -1.99. The fourth-order valence-corrected chi connectivity index (χ4v) is 3.30. The van der Waals surface area contributed by atoms with Gasteiger partial charge in [0.25, 0.3) is 0 Å². The maximum absolute atomic E-state index is 2.24. The van der Waals surface area contributed by atoms with Crippen molar-refractivity contribution in [2.45, 2.75) is 13.3 Å². The minimum atomic E-state index is 1.11. The second-order valence-electron chi connectivity index (χ2n) is 5.08. The molecular formula is C17H21NS. The Labute approximate surface area is 119 Å². The Morgan fingerprint density at radius 1 is 0.895 bits per heavy atom. The lowest BCUT2D eigenvalue weighted by atomic mass is 10.0. The molecule has 0 unspecified atom stereocenters. The molecular weight excluding hydrogens is 250 g/mol. The quantitative estimate of drug-likeness (QED) is 0.615. The molecule has 0 amide bonds. The summed E-state index contributed by atoms with van der Waals surface area (Å²) in [7, 11) is 6.00. The molecule has 0 saturated carbocycles. The van der Waals surface area contributed by atoms with Crippen LogP contribution in [0, 0.1) is 0 Å². The average Bonchev–Trinajstić information content (AvgIpc) is 2.76. The van der Waals surface area contributed by atoms with Crippen molar-refractivity contribution in [1.82, 2.24) is 4.90 Å². The molecule has 0 N–H and O–H groups in total. The molecule has 1 nitrogen and oxygen atoms in total. The number of fused-ring (bicyclic) bond motifs is 3. The molecule has 3 aromatic rings. The molecule has 0 spiro atoms. The van der Waals surface area contributed by atoms with Gasteiger partial charge in [0.2, 0.25) is 0 Å². The molecule has 0 radical (unpaired) electrons. The Balaban J connectivity index is 0.000000297. The zero-order valence-electron chi connectivity index (χ0n) is 12.1. The van der Waals surface area contributed by atoms with Gasteiger partial charge in [-0.1, -0.05) is 37.3 Å². The summed E-state index contributed by atoms with van der Waals surface area (Å²) in [5.41, 5.74) is 1.46. The SMILES string of the molecule is CCc1cccc2sc3ccccc3c12.CN(C)C. The molecule has 2 aromatic carbocycles. The van der Waals surface area contributed by atoms with Gasteiger partial charge < -0.3 is 4.90 Å². The van der Waals surface area contributed by atoms with Gasteiger partial charge in [-0.2, -0.15) is 0 Å². The summed E-state index contributed by atoms with van der Waals surface area (Å²) in [6.45, 7) is 2.22. The zero-order chi connectivity index (χ0) is 13.8. The number of nitrogens with zero attached hydrogens (tertiary/aromatic N) is 1. The maximum Gasteiger partial charge on any atom is 0.0358 e. The predicted octanol–water partition coefficient (Wildman–Crippen LogP) is 4.79. The minimum absolute atomic E-state index is 1.11. The first-order valence-electron chi connectivity index (χ1n) is 6.63. The summed E-state index contributed by atoms with van der Waals surface area (Å²) in [6.07, 6.45) is 1.11. The van der Waals surface area contributed by atoms with Crippen LogP contribution in [0.2, 0.25) is 0 Å². The third-order valence-electron chi connectivity index (χ3n) is 2.87. The first kappa shape index (κ1) is 14.0. The van der Waals surface area contributed by atoms with Crippen molar-refractivity contribution in [1.29, 1.82) is 0 Å². The fourth-order valence-electron chi connectivity index (χ4n) is 2.14. The Kier molecular flexibility index (Phi) is 4.56. The highest BCUT2D eigenvalue weighted by atomic mass is 32.1. The lowest BCUT2D eigenvalue weighted by Crippen LogP contribution is -1.99. The van der Waals surface area contributed by atoms with Crippen LogP contribution in [-0.2, 0) is 6.42 Å². The standard InChI is InChI=1S/C14H12S.C3H9N/c1-2-10-6-5-9-13-14(10)11-7-3-4-8-12(11)15-13;1-4(2)3/h3-9H,2H2,1H3;1-3H3. The Morgan fingerprint density at radius 2 is 1.53 bits per heavy atom. The van der Waals surface area contributed by atoms with Crippen LogP contribution in [-0.4, -0.2) is 26.0 Å². The number of thiophene rings is 1. The average molecular weight is 271 g/mol. The van der Waals surface area contributed by atoms with Crippen LogP contribution >= 0.6 is 11.3 Å². The molecule has 0 saturated heterocycles. The van der Waals surface area contributed by atoms with Gasteiger partial charge in [-0.3, -0.25) is 0 Å². The third kappa shape index (κ3) is 3.14. The number of aryl methyl sites for hydroxylation is 1. The van der Waals surface area contributed by atoms with E-state index in [1.165, 1.54) is 25.7 Å². The normalized spacial score (nSPS) is 10.8.